The van der Waals surface area contributed by atoms with Crippen LogP contribution in [0.1, 0.15) is 12.5 Å². The lowest BCUT2D eigenvalue weighted by Gasteiger charge is -2.29. The Morgan fingerprint density at radius 1 is 0.762 bits per heavy atom. The van der Waals surface area contributed by atoms with E-state index in [4.69, 9.17) is 17.0 Å². The first-order valence-electron chi connectivity index (χ1n) is 13.6. The van der Waals surface area contributed by atoms with Crippen molar-refractivity contribution >= 4 is 40.9 Å². The zero-order chi connectivity index (χ0) is 29.1. The fourth-order valence-electron chi connectivity index (χ4n) is 5.12. The summed E-state index contributed by atoms with van der Waals surface area (Å²) in [7, 11) is 0. The van der Waals surface area contributed by atoms with E-state index in [-0.39, 0.29) is 10.7 Å². The molecular weight excluding hydrogens is 542 g/mol. The topological polar surface area (TPSA) is 63.6 Å². The molecule has 206 valence electrons. The molecule has 1 saturated heterocycles. The fraction of sp³-hybridized carbons (Fsp3) is 0.0571. The van der Waals surface area contributed by atoms with Gasteiger partial charge in [0.25, 0.3) is 11.8 Å². The van der Waals surface area contributed by atoms with Crippen LogP contribution in [0.25, 0.3) is 34.3 Å². The molecule has 0 radical (unpaired) electrons. The van der Waals surface area contributed by atoms with Gasteiger partial charge in [-0.15, -0.1) is 0 Å². The summed E-state index contributed by atoms with van der Waals surface area (Å²) >= 11 is 5.44. The molecule has 42 heavy (non-hydrogen) atoms. The summed E-state index contributed by atoms with van der Waals surface area (Å²) in [5, 5.41) is 2.73. The molecule has 4 aromatic carbocycles. The molecule has 0 bridgehead atoms. The zero-order valence-electron chi connectivity index (χ0n) is 22.9. The van der Waals surface area contributed by atoms with Gasteiger partial charge in [0.2, 0.25) is 0 Å². The summed E-state index contributed by atoms with van der Waals surface area (Å²) < 4.78 is 7.79. The molecule has 6 rings (SSSR count). The van der Waals surface area contributed by atoms with E-state index < -0.39 is 11.8 Å². The molecule has 7 heteroatoms. The van der Waals surface area contributed by atoms with Crippen molar-refractivity contribution in [2.45, 2.75) is 6.92 Å². The first kappa shape index (κ1) is 26.9. The SMILES string of the molecule is CCOc1cccc(N2C(=O)/C(=C\c3cc(-c4ccccc4)n(-c4ccccc4)c3-c3ccccc3)C(=O)NC2=S)c1. The van der Waals surface area contributed by atoms with Crippen molar-refractivity contribution in [3.8, 4) is 34.0 Å². The Hall–Kier alpha value is -5.27. The van der Waals surface area contributed by atoms with E-state index in [1.165, 1.54) is 4.90 Å². The Labute approximate surface area is 249 Å². The smallest absolute Gasteiger partial charge is 0.270 e. The van der Waals surface area contributed by atoms with Gasteiger partial charge in [-0.1, -0.05) is 84.9 Å². The molecule has 1 N–H and O–H groups in total. The summed E-state index contributed by atoms with van der Waals surface area (Å²) in [4.78, 5) is 28.6. The van der Waals surface area contributed by atoms with Gasteiger partial charge in [-0.25, -0.2) is 0 Å². The minimum absolute atomic E-state index is 0.0194. The van der Waals surface area contributed by atoms with Crippen LogP contribution in [0, 0.1) is 0 Å². The van der Waals surface area contributed by atoms with Crippen molar-refractivity contribution < 1.29 is 14.3 Å². The van der Waals surface area contributed by atoms with Crippen LogP contribution >= 0.6 is 12.2 Å². The summed E-state index contributed by atoms with van der Waals surface area (Å²) in [6, 6.07) is 39.2. The van der Waals surface area contributed by atoms with Crippen molar-refractivity contribution in [2.75, 3.05) is 11.5 Å². The molecule has 0 unspecified atom stereocenters. The predicted molar refractivity (Wildman–Crippen MR) is 170 cm³/mol. The Bertz CT molecular complexity index is 1810. The lowest BCUT2D eigenvalue weighted by atomic mass is 10.0. The average Bonchev–Trinajstić information content (AvgIpc) is 3.40. The second-order valence-electron chi connectivity index (χ2n) is 9.62. The largest absolute Gasteiger partial charge is 0.494 e. The predicted octanol–water partition coefficient (Wildman–Crippen LogP) is 7.04. The molecule has 1 aromatic heterocycles. The number of nitrogens with one attached hydrogen (secondary N) is 1. The number of rotatable bonds is 7. The number of hydrogen-bond donors (Lipinski definition) is 1. The van der Waals surface area contributed by atoms with Gasteiger partial charge in [-0.3, -0.25) is 19.8 Å². The van der Waals surface area contributed by atoms with Gasteiger partial charge in [-0.2, -0.15) is 0 Å². The molecule has 6 nitrogen and oxygen atoms in total. The number of carbonyl (C=O) groups is 2. The number of anilines is 1. The first-order valence-corrected chi connectivity index (χ1v) is 14.0. The molecule has 1 fully saturated rings. The van der Waals surface area contributed by atoms with Gasteiger partial charge >= 0.3 is 0 Å². The van der Waals surface area contributed by atoms with E-state index in [2.05, 4.69) is 9.88 Å². The lowest BCUT2D eigenvalue weighted by Crippen LogP contribution is -2.54. The molecule has 5 aromatic rings. The van der Waals surface area contributed by atoms with Crippen molar-refractivity contribution in [3.05, 3.63) is 132 Å². The first-order chi connectivity index (χ1) is 20.5. The fourth-order valence-corrected chi connectivity index (χ4v) is 5.41. The summed E-state index contributed by atoms with van der Waals surface area (Å²) in [6.07, 6.45) is 1.66. The van der Waals surface area contributed by atoms with Crippen LogP contribution in [0.3, 0.4) is 0 Å². The molecular formula is C35H27N3O3S. The van der Waals surface area contributed by atoms with Gasteiger partial charge in [0.1, 0.15) is 11.3 Å². The van der Waals surface area contributed by atoms with Crippen LogP contribution in [0.15, 0.2) is 127 Å². The van der Waals surface area contributed by atoms with Gasteiger partial charge in [0.15, 0.2) is 5.11 Å². The second-order valence-corrected chi connectivity index (χ2v) is 10.0. The highest BCUT2D eigenvalue weighted by atomic mass is 32.1. The molecule has 0 aliphatic carbocycles. The normalized spacial score (nSPS) is 14.3. The maximum atomic E-state index is 14.0. The monoisotopic (exact) mass is 569 g/mol. The Morgan fingerprint density at radius 3 is 2.05 bits per heavy atom. The van der Waals surface area contributed by atoms with E-state index in [9.17, 15) is 9.59 Å². The van der Waals surface area contributed by atoms with Crippen molar-refractivity contribution in [1.29, 1.82) is 0 Å². The number of amides is 2. The van der Waals surface area contributed by atoms with E-state index in [1.54, 1.807) is 24.3 Å². The molecule has 2 amide bonds. The number of ether oxygens (including phenoxy) is 1. The molecule has 0 saturated carbocycles. The molecule has 1 aliphatic heterocycles. The standard InChI is InChI=1S/C35H27N3O3S/c1-2-41-29-20-12-19-28(23-29)38-34(40)30(33(39)36-35(38)42)21-26-22-31(24-13-6-3-7-14-24)37(27-17-10-5-11-18-27)32(26)25-15-8-4-9-16-25/h3-23H,2H2,1H3,(H,36,39,42)/b30-21-. The van der Waals surface area contributed by atoms with Crippen LogP contribution in [-0.2, 0) is 9.59 Å². The van der Waals surface area contributed by atoms with Crippen molar-refractivity contribution in [2.24, 2.45) is 0 Å². The third-order valence-corrected chi connectivity index (χ3v) is 7.23. The highest BCUT2D eigenvalue weighted by Gasteiger charge is 2.35. The molecule has 0 spiro atoms. The highest BCUT2D eigenvalue weighted by molar-refractivity contribution is 7.80. The minimum Gasteiger partial charge on any atom is -0.494 e. The number of para-hydroxylation sites is 1. The van der Waals surface area contributed by atoms with Crippen LogP contribution in [0.2, 0.25) is 0 Å². The van der Waals surface area contributed by atoms with E-state index in [1.807, 2.05) is 110 Å². The van der Waals surface area contributed by atoms with E-state index in [0.29, 0.717) is 18.0 Å². The van der Waals surface area contributed by atoms with Crippen LogP contribution in [-0.4, -0.2) is 28.1 Å². The number of thiocarbonyl (C=S) groups is 1. The third kappa shape index (κ3) is 5.13. The number of benzene rings is 4. The van der Waals surface area contributed by atoms with Crippen molar-refractivity contribution in [3.63, 3.8) is 0 Å². The summed E-state index contributed by atoms with van der Waals surface area (Å²) in [5.74, 6) is -0.452. The van der Waals surface area contributed by atoms with Gasteiger partial charge in [-0.05, 0) is 66.7 Å². The zero-order valence-corrected chi connectivity index (χ0v) is 23.7. The van der Waals surface area contributed by atoms with E-state index in [0.717, 1.165) is 33.8 Å². The maximum absolute atomic E-state index is 14.0. The van der Waals surface area contributed by atoms with Gasteiger partial charge < -0.3 is 9.30 Å². The lowest BCUT2D eigenvalue weighted by molar-refractivity contribution is -0.122. The third-order valence-electron chi connectivity index (χ3n) is 6.95. The molecule has 0 atom stereocenters. The summed E-state index contributed by atoms with van der Waals surface area (Å²) in [6.45, 7) is 2.37. The Morgan fingerprint density at radius 2 is 1.38 bits per heavy atom. The number of hydrogen-bond acceptors (Lipinski definition) is 4. The number of carbonyl (C=O) groups excluding carboxylic acids is 2. The number of aromatic nitrogens is 1. The quantitative estimate of drug-likeness (QED) is 0.130. The Kier molecular flexibility index (Phi) is 7.49. The molecule has 2 heterocycles. The van der Waals surface area contributed by atoms with Gasteiger partial charge in [0, 0.05) is 17.3 Å². The average molecular weight is 570 g/mol. The second kappa shape index (κ2) is 11.7. The minimum atomic E-state index is -0.546. The highest BCUT2D eigenvalue weighted by Crippen LogP contribution is 2.37. The van der Waals surface area contributed by atoms with Crippen LogP contribution < -0.4 is 15.0 Å². The maximum Gasteiger partial charge on any atom is 0.270 e. The summed E-state index contributed by atoms with van der Waals surface area (Å²) in [5.41, 5.74) is 5.88. The van der Waals surface area contributed by atoms with Crippen molar-refractivity contribution in [1.82, 2.24) is 9.88 Å². The number of nitrogens with zero attached hydrogens (tertiary/aromatic N) is 2. The molecule has 1 aliphatic rings. The van der Waals surface area contributed by atoms with E-state index >= 15 is 0 Å². The Balaban J connectivity index is 1.56. The van der Waals surface area contributed by atoms with Crippen LogP contribution in [0.5, 0.6) is 5.75 Å². The van der Waals surface area contributed by atoms with Gasteiger partial charge in [0.05, 0.1) is 23.7 Å². The van der Waals surface area contributed by atoms with Crippen LogP contribution in [0.4, 0.5) is 5.69 Å².